The highest BCUT2D eigenvalue weighted by Gasteiger charge is 2.18. The highest BCUT2D eigenvalue weighted by atomic mass is 15.0. The summed E-state index contributed by atoms with van der Waals surface area (Å²) in [4.78, 5) is 8.86. The number of rotatable bonds is 2. The predicted molar refractivity (Wildman–Crippen MR) is 131 cm³/mol. The van der Waals surface area contributed by atoms with E-state index in [4.69, 9.17) is 0 Å². The fourth-order valence-electron chi connectivity index (χ4n) is 4.93. The largest absolute Gasteiger partial charge is 0.308 e. The van der Waals surface area contributed by atoms with Crippen LogP contribution >= 0.6 is 0 Å². The Bertz CT molecular complexity index is 1630. The first-order valence-electron chi connectivity index (χ1n) is 10.7. The molecule has 0 unspecified atom stereocenters. The molecule has 0 spiro atoms. The van der Waals surface area contributed by atoms with E-state index in [1.807, 2.05) is 36.9 Å². The second-order valence-corrected chi connectivity index (χ2v) is 8.01. The molecular formula is C28H18N4. The number of nitrogens with zero attached hydrogens (tertiary/aromatic N) is 4. The summed E-state index contributed by atoms with van der Waals surface area (Å²) in [6.45, 7) is 0. The Morgan fingerprint density at radius 2 is 0.875 bits per heavy atom. The first kappa shape index (κ1) is 17.3. The van der Waals surface area contributed by atoms with E-state index >= 15 is 0 Å². The lowest BCUT2D eigenvalue weighted by Crippen LogP contribution is -1.94. The summed E-state index contributed by atoms with van der Waals surface area (Å²) in [7, 11) is 0. The molecule has 0 saturated carbocycles. The number of hydrogen-bond donors (Lipinski definition) is 0. The number of para-hydroxylation sites is 2. The summed E-state index contributed by atoms with van der Waals surface area (Å²) in [6.07, 6.45) is 7.66. The highest BCUT2D eigenvalue weighted by Crippen LogP contribution is 2.38. The molecule has 0 saturated heterocycles. The molecule has 4 heterocycles. The van der Waals surface area contributed by atoms with Gasteiger partial charge < -0.3 is 9.13 Å². The molecule has 0 aliphatic carbocycles. The lowest BCUT2D eigenvalue weighted by molar-refractivity contribution is 1.16. The first-order valence-corrected chi connectivity index (χ1v) is 10.7. The predicted octanol–water partition coefficient (Wildman–Crippen LogP) is 6.67. The normalized spacial score (nSPS) is 11.8. The van der Waals surface area contributed by atoms with Crippen molar-refractivity contribution in [1.82, 2.24) is 19.1 Å². The third kappa shape index (κ3) is 2.32. The highest BCUT2D eigenvalue weighted by molar-refractivity contribution is 6.18. The molecule has 0 atom stereocenters. The zero-order valence-corrected chi connectivity index (χ0v) is 17.2. The van der Waals surface area contributed by atoms with Gasteiger partial charge in [0.1, 0.15) is 0 Å². The van der Waals surface area contributed by atoms with E-state index in [-0.39, 0.29) is 0 Å². The van der Waals surface area contributed by atoms with Gasteiger partial charge in [0.25, 0.3) is 0 Å². The van der Waals surface area contributed by atoms with Gasteiger partial charge in [0, 0.05) is 45.3 Å². The summed E-state index contributed by atoms with van der Waals surface area (Å²) >= 11 is 0. The molecule has 0 aliphatic rings. The second kappa shape index (κ2) is 6.53. The quantitative estimate of drug-likeness (QED) is 0.319. The van der Waals surface area contributed by atoms with Crippen molar-refractivity contribution in [2.45, 2.75) is 0 Å². The second-order valence-electron chi connectivity index (χ2n) is 8.01. The van der Waals surface area contributed by atoms with E-state index in [1.165, 1.54) is 32.6 Å². The van der Waals surface area contributed by atoms with Gasteiger partial charge in [-0.25, -0.2) is 0 Å². The van der Waals surface area contributed by atoms with Crippen molar-refractivity contribution in [3.8, 4) is 11.4 Å². The van der Waals surface area contributed by atoms with Crippen LogP contribution in [0, 0.1) is 0 Å². The third-order valence-corrected chi connectivity index (χ3v) is 6.29. The minimum atomic E-state index is 1.11. The number of benzene rings is 3. The van der Waals surface area contributed by atoms with Gasteiger partial charge in [-0.2, -0.15) is 0 Å². The van der Waals surface area contributed by atoms with Crippen molar-refractivity contribution in [3.05, 3.63) is 110 Å². The molecule has 0 N–H and O–H groups in total. The summed E-state index contributed by atoms with van der Waals surface area (Å²) in [5.41, 5.74) is 6.84. The van der Waals surface area contributed by atoms with Crippen molar-refractivity contribution in [3.63, 3.8) is 0 Å². The van der Waals surface area contributed by atoms with Crippen LogP contribution in [0.5, 0.6) is 0 Å². The van der Waals surface area contributed by atoms with Gasteiger partial charge in [-0.3, -0.25) is 9.97 Å². The molecule has 0 fully saturated rings. The zero-order valence-electron chi connectivity index (χ0n) is 17.2. The van der Waals surface area contributed by atoms with Crippen LogP contribution in [0.25, 0.3) is 55.0 Å². The number of pyridine rings is 2. The van der Waals surface area contributed by atoms with E-state index in [0.717, 1.165) is 22.4 Å². The van der Waals surface area contributed by atoms with Crippen LogP contribution in [0.15, 0.2) is 110 Å². The van der Waals surface area contributed by atoms with Gasteiger partial charge in [0.2, 0.25) is 0 Å². The standard InChI is InChI=1S/C28H18N4/c1-3-7-19(8-4-1)31-25-15-24-22-12-14-30-18-28(22)32(20-9-5-2-6-10-20)26(24)16-23(25)21-11-13-29-17-27(21)31/h1-18H. The molecule has 0 aliphatic heterocycles. The molecule has 7 rings (SSSR count). The van der Waals surface area contributed by atoms with E-state index in [0.29, 0.717) is 0 Å². The van der Waals surface area contributed by atoms with Crippen molar-refractivity contribution in [1.29, 1.82) is 0 Å². The SMILES string of the molecule is c1ccc(-n2c3cnccc3c3cc4c(cc32)c2ccncc2n4-c2ccccc2)cc1. The summed E-state index contributed by atoms with van der Waals surface area (Å²) in [6, 6.07) is 29.9. The number of hydrogen-bond acceptors (Lipinski definition) is 2. The molecular weight excluding hydrogens is 392 g/mol. The summed E-state index contributed by atoms with van der Waals surface area (Å²) in [5.74, 6) is 0. The van der Waals surface area contributed by atoms with Crippen LogP contribution in [0.3, 0.4) is 0 Å². The minimum Gasteiger partial charge on any atom is -0.308 e. The molecule has 7 aromatic rings. The fraction of sp³-hybridized carbons (Fsp3) is 0. The molecule has 150 valence electrons. The van der Waals surface area contributed by atoms with Crippen molar-refractivity contribution >= 4 is 43.6 Å². The van der Waals surface area contributed by atoms with Gasteiger partial charge in [-0.15, -0.1) is 0 Å². The Balaban J connectivity index is 1.71. The van der Waals surface area contributed by atoms with E-state index in [2.05, 4.69) is 91.9 Å². The Morgan fingerprint density at radius 1 is 0.438 bits per heavy atom. The van der Waals surface area contributed by atoms with Crippen molar-refractivity contribution in [2.24, 2.45) is 0 Å². The van der Waals surface area contributed by atoms with Gasteiger partial charge in [-0.1, -0.05) is 36.4 Å². The van der Waals surface area contributed by atoms with Crippen LogP contribution in [0.2, 0.25) is 0 Å². The third-order valence-electron chi connectivity index (χ3n) is 6.29. The van der Waals surface area contributed by atoms with Gasteiger partial charge in [0.15, 0.2) is 0 Å². The molecule has 32 heavy (non-hydrogen) atoms. The van der Waals surface area contributed by atoms with Crippen LogP contribution in [-0.4, -0.2) is 19.1 Å². The maximum absolute atomic E-state index is 4.43. The van der Waals surface area contributed by atoms with Crippen LogP contribution in [-0.2, 0) is 0 Å². The smallest absolute Gasteiger partial charge is 0.0724 e. The Hall–Kier alpha value is -4.44. The van der Waals surface area contributed by atoms with E-state index < -0.39 is 0 Å². The molecule has 0 radical (unpaired) electrons. The average Bonchev–Trinajstić information content (AvgIpc) is 3.36. The maximum atomic E-state index is 4.43. The first-order chi connectivity index (χ1) is 15.9. The molecule has 3 aromatic carbocycles. The Kier molecular flexibility index (Phi) is 3.52. The lowest BCUT2D eigenvalue weighted by Gasteiger charge is -2.08. The monoisotopic (exact) mass is 410 g/mol. The summed E-state index contributed by atoms with van der Waals surface area (Å²) < 4.78 is 4.62. The Morgan fingerprint density at radius 3 is 1.31 bits per heavy atom. The van der Waals surface area contributed by atoms with Crippen LogP contribution in [0.1, 0.15) is 0 Å². The summed E-state index contributed by atoms with van der Waals surface area (Å²) in [5, 5.41) is 4.82. The van der Waals surface area contributed by atoms with Gasteiger partial charge in [-0.05, 0) is 48.5 Å². The number of aromatic nitrogens is 4. The van der Waals surface area contributed by atoms with Gasteiger partial charge >= 0.3 is 0 Å². The minimum absolute atomic E-state index is 1.11. The topological polar surface area (TPSA) is 35.6 Å². The van der Waals surface area contributed by atoms with Crippen LogP contribution < -0.4 is 0 Å². The van der Waals surface area contributed by atoms with Crippen molar-refractivity contribution < 1.29 is 0 Å². The molecule has 4 aromatic heterocycles. The average molecular weight is 410 g/mol. The maximum Gasteiger partial charge on any atom is 0.0724 e. The van der Waals surface area contributed by atoms with Crippen molar-refractivity contribution in [2.75, 3.05) is 0 Å². The van der Waals surface area contributed by atoms with Gasteiger partial charge in [0.05, 0.1) is 34.5 Å². The lowest BCUT2D eigenvalue weighted by atomic mass is 10.1. The van der Waals surface area contributed by atoms with E-state index in [1.54, 1.807) is 0 Å². The molecule has 0 amide bonds. The zero-order chi connectivity index (χ0) is 21.1. The van der Waals surface area contributed by atoms with Crippen LogP contribution in [0.4, 0.5) is 0 Å². The Labute approximate surface area is 184 Å². The molecule has 4 heteroatoms. The molecule has 0 bridgehead atoms. The fourth-order valence-corrected chi connectivity index (χ4v) is 4.93. The van der Waals surface area contributed by atoms with E-state index in [9.17, 15) is 0 Å². The molecule has 4 nitrogen and oxygen atoms in total. The number of fused-ring (bicyclic) bond motifs is 6.